The van der Waals surface area contributed by atoms with E-state index < -0.39 is 18.2 Å². The van der Waals surface area contributed by atoms with Gasteiger partial charge in [-0.3, -0.25) is 9.78 Å². The molecule has 4 nitrogen and oxygen atoms in total. The summed E-state index contributed by atoms with van der Waals surface area (Å²) >= 11 is 0. The van der Waals surface area contributed by atoms with Crippen molar-refractivity contribution in [1.82, 2.24) is 9.97 Å². The zero-order valence-corrected chi connectivity index (χ0v) is 6.17. The maximum Gasteiger partial charge on any atom is 0.389 e. The van der Waals surface area contributed by atoms with Crippen LogP contribution in [0.4, 0.5) is 8.78 Å². The number of alkyl halides is 2. The van der Waals surface area contributed by atoms with E-state index in [4.69, 9.17) is 0 Å². The monoisotopic (exact) mass is 176 g/mol. The molecule has 0 fully saturated rings. The molecular formula is C6H6F2N2O2. The molecule has 1 aromatic heterocycles. The fourth-order valence-electron chi connectivity index (χ4n) is 0.586. The molecule has 0 unspecified atom stereocenters. The smallest absolute Gasteiger partial charge is 0.389 e. The predicted molar refractivity (Wildman–Crippen MR) is 36.2 cm³/mol. The molecule has 1 aromatic rings. The third-order valence-corrected chi connectivity index (χ3v) is 1.15. The van der Waals surface area contributed by atoms with Crippen molar-refractivity contribution in [1.29, 1.82) is 0 Å². The number of rotatable bonds is 2. The molecule has 0 aliphatic carbocycles. The van der Waals surface area contributed by atoms with Crippen LogP contribution in [0.2, 0.25) is 0 Å². The van der Waals surface area contributed by atoms with Crippen LogP contribution in [0.5, 0.6) is 6.01 Å². The van der Waals surface area contributed by atoms with Gasteiger partial charge >= 0.3 is 12.6 Å². The highest BCUT2D eigenvalue weighted by Crippen LogP contribution is 2.02. The van der Waals surface area contributed by atoms with E-state index in [1.54, 1.807) is 0 Å². The summed E-state index contributed by atoms with van der Waals surface area (Å²) in [4.78, 5) is 16.3. The summed E-state index contributed by atoms with van der Waals surface area (Å²) < 4.78 is 27.0. The number of aromatic nitrogens is 2. The Morgan fingerprint density at radius 3 is 2.83 bits per heavy atom. The molecule has 0 radical (unpaired) electrons. The third kappa shape index (κ3) is 2.01. The van der Waals surface area contributed by atoms with Gasteiger partial charge in [0.1, 0.15) is 0 Å². The number of aromatic amines is 1. The minimum absolute atomic E-state index is 0.344. The molecule has 0 saturated carbocycles. The average molecular weight is 176 g/mol. The van der Waals surface area contributed by atoms with E-state index in [0.29, 0.717) is 5.56 Å². The Hall–Kier alpha value is -1.46. The number of hydrogen-bond acceptors (Lipinski definition) is 3. The summed E-state index contributed by atoms with van der Waals surface area (Å²) in [6, 6.07) is -0.472. The zero-order valence-electron chi connectivity index (χ0n) is 6.17. The Labute approximate surface area is 66.2 Å². The Balaban J connectivity index is 2.90. The van der Waals surface area contributed by atoms with Crippen molar-refractivity contribution in [2.24, 2.45) is 0 Å². The lowest BCUT2D eigenvalue weighted by atomic mass is 10.4. The molecule has 1 rings (SSSR count). The van der Waals surface area contributed by atoms with Gasteiger partial charge in [-0.05, 0) is 6.92 Å². The maximum atomic E-state index is 11.6. The van der Waals surface area contributed by atoms with E-state index in [2.05, 4.69) is 9.72 Å². The number of ether oxygens (including phenoxy) is 1. The Morgan fingerprint density at radius 2 is 2.33 bits per heavy atom. The normalized spacial score (nSPS) is 10.3. The van der Waals surface area contributed by atoms with Gasteiger partial charge in [0.25, 0.3) is 5.56 Å². The van der Waals surface area contributed by atoms with Crippen LogP contribution in [0, 0.1) is 6.92 Å². The van der Waals surface area contributed by atoms with Gasteiger partial charge in [0.2, 0.25) is 0 Å². The first-order chi connectivity index (χ1) is 5.59. The van der Waals surface area contributed by atoms with Gasteiger partial charge in [-0.1, -0.05) is 0 Å². The quantitative estimate of drug-likeness (QED) is 0.720. The topological polar surface area (TPSA) is 55.0 Å². The number of nitrogens with one attached hydrogen (secondary N) is 1. The standard InChI is InChI=1S/C6H6F2N2O2/c1-3-2-9-6(10-4(3)11)12-5(7)8/h2,5H,1H3,(H,9,10,11). The first kappa shape index (κ1) is 8.63. The van der Waals surface area contributed by atoms with Gasteiger partial charge in [0, 0.05) is 11.8 Å². The van der Waals surface area contributed by atoms with Gasteiger partial charge in [-0.2, -0.15) is 8.78 Å². The van der Waals surface area contributed by atoms with Crippen LogP contribution in [0.1, 0.15) is 5.56 Å². The van der Waals surface area contributed by atoms with Crippen molar-refractivity contribution >= 4 is 0 Å². The van der Waals surface area contributed by atoms with Gasteiger partial charge in [-0.15, -0.1) is 0 Å². The summed E-state index contributed by atoms with van der Waals surface area (Å²) in [5.41, 5.74) is -0.141. The van der Waals surface area contributed by atoms with E-state index in [9.17, 15) is 13.6 Å². The first-order valence-electron chi connectivity index (χ1n) is 3.10. The molecule has 12 heavy (non-hydrogen) atoms. The highest BCUT2D eigenvalue weighted by atomic mass is 19.3. The van der Waals surface area contributed by atoms with Crippen LogP contribution >= 0.6 is 0 Å². The van der Waals surface area contributed by atoms with E-state index in [-0.39, 0.29) is 0 Å². The van der Waals surface area contributed by atoms with Crippen molar-refractivity contribution in [2.75, 3.05) is 0 Å². The van der Waals surface area contributed by atoms with Crippen molar-refractivity contribution in [3.63, 3.8) is 0 Å². The molecule has 0 spiro atoms. The molecule has 0 atom stereocenters. The van der Waals surface area contributed by atoms with Crippen molar-refractivity contribution < 1.29 is 13.5 Å². The number of hydrogen-bond donors (Lipinski definition) is 1. The Kier molecular flexibility index (Phi) is 2.37. The molecule has 1 heterocycles. The Bertz CT molecular complexity index is 324. The highest BCUT2D eigenvalue weighted by molar-refractivity contribution is 5.05. The largest absolute Gasteiger partial charge is 0.402 e. The van der Waals surface area contributed by atoms with Crippen LogP contribution in [-0.4, -0.2) is 16.6 Å². The third-order valence-electron chi connectivity index (χ3n) is 1.15. The van der Waals surface area contributed by atoms with E-state index in [0.717, 1.165) is 6.20 Å². The van der Waals surface area contributed by atoms with Crippen molar-refractivity contribution in [3.05, 3.63) is 22.1 Å². The van der Waals surface area contributed by atoms with Crippen LogP contribution in [0.3, 0.4) is 0 Å². The molecule has 0 bridgehead atoms. The molecular weight excluding hydrogens is 170 g/mol. The lowest BCUT2D eigenvalue weighted by molar-refractivity contribution is -0.0562. The average Bonchev–Trinajstić information content (AvgIpc) is 1.96. The summed E-state index contributed by atoms with van der Waals surface area (Å²) in [5, 5.41) is 0. The molecule has 0 amide bonds. The number of H-pyrrole nitrogens is 1. The van der Waals surface area contributed by atoms with E-state index in [1.807, 2.05) is 4.98 Å². The second kappa shape index (κ2) is 3.29. The summed E-state index contributed by atoms with van der Waals surface area (Å²) in [6.07, 6.45) is 1.16. The Morgan fingerprint density at radius 1 is 1.67 bits per heavy atom. The number of nitrogens with zero attached hydrogens (tertiary/aromatic N) is 1. The van der Waals surface area contributed by atoms with E-state index in [1.165, 1.54) is 6.92 Å². The summed E-state index contributed by atoms with van der Waals surface area (Å²) in [7, 11) is 0. The fourth-order valence-corrected chi connectivity index (χ4v) is 0.586. The molecule has 66 valence electrons. The van der Waals surface area contributed by atoms with Crippen LogP contribution < -0.4 is 10.3 Å². The molecule has 6 heteroatoms. The molecule has 0 aliphatic rings. The second-order valence-electron chi connectivity index (χ2n) is 2.08. The minimum atomic E-state index is -2.98. The zero-order chi connectivity index (χ0) is 9.14. The van der Waals surface area contributed by atoms with Gasteiger partial charge in [-0.25, -0.2) is 4.98 Å². The predicted octanol–water partition coefficient (Wildman–Crippen LogP) is 0.680. The number of halogens is 2. The molecule has 0 saturated heterocycles. The highest BCUT2D eigenvalue weighted by Gasteiger charge is 2.06. The van der Waals surface area contributed by atoms with Gasteiger partial charge < -0.3 is 4.74 Å². The molecule has 1 N–H and O–H groups in total. The summed E-state index contributed by atoms with van der Waals surface area (Å²) in [6.45, 7) is -1.46. The van der Waals surface area contributed by atoms with Crippen molar-refractivity contribution in [2.45, 2.75) is 13.5 Å². The lowest BCUT2D eigenvalue weighted by Gasteiger charge is -2.01. The maximum absolute atomic E-state index is 11.6. The molecule has 0 aromatic carbocycles. The van der Waals surface area contributed by atoms with Crippen LogP contribution in [0.15, 0.2) is 11.0 Å². The lowest BCUT2D eigenvalue weighted by Crippen LogP contribution is -2.14. The number of aryl methyl sites for hydroxylation is 1. The van der Waals surface area contributed by atoms with Crippen LogP contribution in [-0.2, 0) is 0 Å². The van der Waals surface area contributed by atoms with Gasteiger partial charge in [0.05, 0.1) is 0 Å². The minimum Gasteiger partial charge on any atom is -0.402 e. The van der Waals surface area contributed by atoms with Gasteiger partial charge in [0.15, 0.2) is 0 Å². The van der Waals surface area contributed by atoms with Crippen molar-refractivity contribution in [3.8, 4) is 6.01 Å². The SMILES string of the molecule is Cc1cnc(OC(F)F)[nH]c1=O. The van der Waals surface area contributed by atoms with Crippen LogP contribution in [0.25, 0.3) is 0 Å². The first-order valence-corrected chi connectivity index (χ1v) is 3.10. The van der Waals surface area contributed by atoms with E-state index >= 15 is 0 Å². The fraction of sp³-hybridized carbons (Fsp3) is 0.333. The molecule has 0 aliphatic heterocycles. The second-order valence-corrected chi connectivity index (χ2v) is 2.08. The summed E-state index contributed by atoms with van der Waals surface area (Å²) in [5.74, 6) is 0.